The highest BCUT2D eigenvalue weighted by molar-refractivity contribution is 5.82. The summed E-state index contributed by atoms with van der Waals surface area (Å²) in [5.41, 5.74) is 1.88. The van der Waals surface area contributed by atoms with Crippen molar-refractivity contribution in [3.63, 3.8) is 0 Å². The van der Waals surface area contributed by atoms with Crippen LogP contribution in [0.5, 0.6) is 0 Å². The quantitative estimate of drug-likeness (QED) is 0.599. The van der Waals surface area contributed by atoms with E-state index in [1.807, 2.05) is 37.3 Å². The number of nitrogens with zero attached hydrogens (tertiary/aromatic N) is 2. The molecule has 1 unspecified atom stereocenters. The van der Waals surface area contributed by atoms with Crippen molar-refractivity contribution in [1.82, 2.24) is 15.2 Å². The number of aryl methyl sites for hydroxylation is 1. The van der Waals surface area contributed by atoms with Gasteiger partial charge in [0.2, 0.25) is 11.8 Å². The highest BCUT2D eigenvalue weighted by atomic mass is 16.4. The van der Waals surface area contributed by atoms with Crippen molar-refractivity contribution >= 4 is 12.1 Å². The van der Waals surface area contributed by atoms with Crippen LogP contribution >= 0.6 is 0 Å². The lowest BCUT2D eigenvalue weighted by molar-refractivity contribution is -0.129. The molecule has 1 atom stereocenters. The van der Waals surface area contributed by atoms with Crippen LogP contribution in [0.2, 0.25) is 0 Å². The minimum absolute atomic E-state index is 0.0273. The van der Waals surface area contributed by atoms with E-state index in [4.69, 9.17) is 9.83 Å². The van der Waals surface area contributed by atoms with Crippen LogP contribution in [0, 0.1) is 12.3 Å². The Hall–Kier alpha value is -2.47. The Morgan fingerprint density at radius 2 is 2.24 bits per heavy atom. The highest BCUT2D eigenvalue weighted by Gasteiger charge is 2.26. The molecular weight excluding hydrogens is 316 g/mol. The van der Waals surface area contributed by atoms with Crippen molar-refractivity contribution in [2.75, 3.05) is 19.6 Å². The molecule has 0 aliphatic carbocycles. The number of hydrogen-bond donors (Lipinski definition) is 2. The molecule has 1 saturated heterocycles. The molecule has 2 heterocycles. The van der Waals surface area contributed by atoms with Crippen LogP contribution in [-0.2, 0) is 11.2 Å². The fraction of sp³-hybridized carbons (Fsp3) is 0.421. The fourth-order valence-electron chi connectivity index (χ4n) is 3.14. The van der Waals surface area contributed by atoms with Gasteiger partial charge in [0.1, 0.15) is 5.76 Å². The van der Waals surface area contributed by atoms with Gasteiger partial charge < -0.3 is 20.0 Å². The largest absolute Gasteiger partial charge is 0.441 e. The Morgan fingerprint density at radius 3 is 3.00 bits per heavy atom. The van der Waals surface area contributed by atoms with Gasteiger partial charge in [-0.1, -0.05) is 18.2 Å². The van der Waals surface area contributed by atoms with Gasteiger partial charge >= 0.3 is 0 Å². The monoisotopic (exact) mass is 340 g/mol. The summed E-state index contributed by atoms with van der Waals surface area (Å²) in [6, 6.07) is 9.80. The summed E-state index contributed by atoms with van der Waals surface area (Å²) in [6.07, 6.45) is 3.96. The molecule has 0 bridgehead atoms. The van der Waals surface area contributed by atoms with Crippen molar-refractivity contribution in [1.29, 1.82) is 5.41 Å². The molecule has 0 saturated carbocycles. The minimum atomic E-state index is -0.0273. The van der Waals surface area contributed by atoms with Gasteiger partial charge in [0.25, 0.3) is 0 Å². The molecule has 3 rings (SSSR count). The number of likely N-dealkylation sites (tertiary alicyclic amines) is 1. The highest BCUT2D eigenvalue weighted by Crippen LogP contribution is 2.21. The Kier molecular flexibility index (Phi) is 5.60. The number of carbonyl (C=O) groups excluding carboxylic acids is 1. The number of aromatic nitrogens is 1. The summed E-state index contributed by atoms with van der Waals surface area (Å²) in [5, 5.41) is 10.6. The number of carbonyl (C=O) groups is 1. The number of nitrogens with one attached hydrogen (secondary N) is 2. The molecule has 6 nitrogen and oxygen atoms in total. The molecule has 1 aliphatic heterocycles. The molecule has 1 aromatic carbocycles. The van der Waals surface area contributed by atoms with E-state index in [2.05, 4.69) is 10.3 Å². The number of oxazole rings is 1. The van der Waals surface area contributed by atoms with Crippen molar-refractivity contribution in [2.24, 2.45) is 0 Å². The molecule has 6 heteroatoms. The minimum Gasteiger partial charge on any atom is -0.441 e. The molecule has 2 N–H and O–H groups in total. The fourth-order valence-corrected chi connectivity index (χ4v) is 3.14. The Labute approximate surface area is 147 Å². The number of amides is 1. The van der Waals surface area contributed by atoms with Gasteiger partial charge in [-0.05, 0) is 31.9 Å². The van der Waals surface area contributed by atoms with E-state index in [1.165, 1.54) is 6.21 Å². The predicted octanol–water partition coefficient (Wildman–Crippen LogP) is 2.42. The third-order valence-corrected chi connectivity index (χ3v) is 4.54. The SMILES string of the molecule is Cc1oc(-c2ccccc2)nc1CCNCC(=O)N1CCCC1C=N. The third kappa shape index (κ3) is 4.14. The second-order valence-corrected chi connectivity index (χ2v) is 6.28. The van der Waals surface area contributed by atoms with Crippen LogP contribution in [0.1, 0.15) is 24.3 Å². The predicted molar refractivity (Wildman–Crippen MR) is 96.8 cm³/mol. The average molecular weight is 340 g/mol. The van der Waals surface area contributed by atoms with Crippen LogP contribution in [0.3, 0.4) is 0 Å². The van der Waals surface area contributed by atoms with Gasteiger partial charge in [0, 0.05) is 31.3 Å². The zero-order chi connectivity index (χ0) is 17.6. The van der Waals surface area contributed by atoms with Gasteiger partial charge in [0.15, 0.2) is 0 Å². The van der Waals surface area contributed by atoms with Crippen LogP contribution in [-0.4, -0.2) is 47.7 Å². The maximum Gasteiger partial charge on any atom is 0.237 e. The summed E-state index contributed by atoms with van der Waals surface area (Å²) in [5.74, 6) is 1.51. The first-order chi connectivity index (χ1) is 12.2. The maximum absolute atomic E-state index is 12.2. The van der Waals surface area contributed by atoms with Gasteiger partial charge in [-0.3, -0.25) is 4.79 Å². The molecule has 25 heavy (non-hydrogen) atoms. The molecule has 1 aliphatic rings. The Balaban J connectivity index is 1.49. The summed E-state index contributed by atoms with van der Waals surface area (Å²) in [4.78, 5) is 18.6. The molecule has 0 radical (unpaired) electrons. The second kappa shape index (κ2) is 8.07. The van der Waals surface area contributed by atoms with E-state index < -0.39 is 0 Å². The zero-order valence-electron chi connectivity index (χ0n) is 14.5. The summed E-state index contributed by atoms with van der Waals surface area (Å²) in [7, 11) is 0. The van der Waals surface area contributed by atoms with E-state index in [0.717, 1.165) is 36.4 Å². The van der Waals surface area contributed by atoms with E-state index in [9.17, 15) is 4.79 Å². The van der Waals surface area contributed by atoms with Crippen molar-refractivity contribution in [3.8, 4) is 11.5 Å². The normalized spacial score (nSPS) is 17.0. The van der Waals surface area contributed by atoms with Crippen LogP contribution in [0.4, 0.5) is 0 Å². The van der Waals surface area contributed by atoms with Gasteiger partial charge in [-0.2, -0.15) is 0 Å². The molecule has 2 aromatic rings. The molecule has 0 spiro atoms. The third-order valence-electron chi connectivity index (χ3n) is 4.54. The topological polar surface area (TPSA) is 82.2 Å². The first-order valence-electron chi connectivity index (χ1n) is 8.71. The van der Waals surface area contributed by atoms with Crippen molar-refractivity contribution < 1.29 is 9.21 Å². The van der Waals surface area contributed by atoms with Gasteiger partial charge in [-0.15, -0.1) is 0 Å². The first kappa shape index (κ1) is 17.4. The standard InChI is InChI=1S/C19H24N4O2/c1-14-17(22-19(25-14)15-6-3-2-4-7-15)9-10-21-13-18(24)23-11-5-8-16(23)12-20/h2-4,6-7,12,16,20-21H,5,8-11,13H2,1H3. The molecule has 1 fully saturated rings. The van der Waals surface area contributed by atoms with Gasteiger partial charge in [-0.25, -0.2) is 4.98 Å². The first-order valence-corrected chi connectivity index (χ1v) is 8.71. The molecule has 1 aromatic heterocycles. The number of hydrogen-bond acceptors (Lipinski definition) is 5. The number of benzene rings is 1. The van der Waals surface area contributed by atoms with Crippen LogP contribution in [0.25, 0.3) is 11.5 Å². The smallest absolute Gasteiger partial charge is 0.237 e. The van der Waals surface area contributed by atoms with Crippen molar-refractivity contribution in [3.05, 3.63) is 41.8 Å². The summed E-state index contributed by atoms with van der Waals surface area (Å²) >= 11 is 0. The van der Waals surface area contributed by atoms with Crippen molar-refractivity contribution in [2.45, 2.75) is 32.2 Å². The van der Waals surface area contributed by atoms with E-state index in [0.29, 0.717) is 25.4 Å². The zero-order valence-corrected chi connectivity index (χ0v) is 14.5. The Morgan fingerprint density at radius 1 is 1.44 bits per heavy atom. The molecular formula is C19H24N4O2. The molecule has 1 amide bonds. The number of rotatable bonds is 7. The van der Waals surface area contributed by atoms with E-state index in [-0.39, 0.29) is 11.9 Å². The Bertz CT molecular complexity index is 726. The van der Waals surface area contributed by atoms with E-state index in [1.54, 1.807) is 4.90 Å². The lowest BCUT2D eigenvalue weighted by atomic mass is 10.2. The maximum atomic E-state index is 12.2. The lowest BCUT2D eigenvalue weighted by Gasteiger charge is -2.21. The van der Waals surface area contributed by atoms with Crippen LogP contribution in [0.15, 0.2) is 34.7 Å². The van der Waals surface area contributed by atoms with E-state index >= 15 is 0 Å². The van der Waals surface area contributed by atoms with Crippen LogP contribution < -0.4 is 5.32 Å². The van der Waals surface area contributed by atoms with Gasteiger partial charge in [0.05, 0.1) is 18.3 Å². The molecule has 132 valence electrons. The summed E-state index contributed by atoms with van der Waals surface area (Å²) < 4.78 is 5.75. The average Bonchev–Trinajstić information content (AvgIpc) is 3.26. The second-order valence-electron chi connectivity index (χ2n) is 6.28. The summed E-state index contributed by atoms with van der Waals surface area (Å²) in [6.45, 7) is 3.63. The lowest BCUT2D eigenvalue weighted by Crippen LogP contribution is -2.42.